The molecule has 2 atom stereocenters. The summed E-state index contributed by atoms with van der Waals surface area (Å²) in [5.41, 5.74) is 1.10. The highest BCUT2D eigenvalue weighted by Gasteiger charge is 2.26. The molecule has 0 aromatic heterocycles. The average molecular weight is 221 g/mol. The molecular weight excluding hydrogens is 206 g/mol. The Balaban J connectivity index is 2.06. The Bertz CT molecular complexity index is 392. The van der Waals surface area contributed by atoms with Crippen molar-refractivity contribution in [3.05, 3.63) is 29.8 Å². The van der Waals surface area contributed by atoms with Crippen molar-refractivity contribution in [1.82, 2.24) is 5.32 Å². The van der Waals surface area contributed by atoms with Crippen LogP contribution in [0.3, 0.4) is 0 Å². The molecule has 0 radical (unpaired) electrons. The van der Waals surface area contributed by atoms with Gasteiger partial charge < -0.3 is 9.47 Å². The van der Waals surface area contributed by atoms with E-state index in [-0.39, 0.29) is 18.1 Å². The van der Waals surface area contributed by atoms with Crippen LogP contribution in [0.5, 0.6) is 5.75 Å². The highest BCUT2D eigenvalue weighted by atomic mass is 16.5. The molecule has 4 nitrogen and oxygen atoms in total. The van der Waals surface area contributed by atoms with Crippen molar-refractivity contribution in [1.29, 1.82) is 0 Å². The number of rotatable bonds is 3. The average Bonchev–Trinajstić information content (AvgIpc) is 2.72. The lowest BCUT2D eigenvalue weighted by atomic mass is 10.1. The number of nitrogens with one attached hydrogen (secondary N) is 1. The van der Waals surface area contributed by atoms with Crippen molar-refractivity contribution >= 4 is 5.97 Å². The van der Waals surface area contributed by atoms with Gasteiger partial charge >= 0.3 is 5.97 Å². The molecule has 4 heteroatoms. The van der Waals surface area contributed by atoms with Gasteiger partial charge in [-0.25, -0.2) is 0 Å². The third-order valence-electron chi connectivity index (χ3n) is 2.71. The first-order chi connectivity index (χ1) is 7.72. The molecule has 86 valence electrons. The minimum atomic E-state index is -0.329. The molecule has 0 saturated heterocycles. The lowest BCUT2D eigenvalue weighted by molar-refractivity contribution is -0.142. The maximum absolute atomic E-state index is 11.3. The quantitative estimate of drug-likeness (QED) is 0.781. The number of para-hydroxylation sites is 1. The van der Waals surface area contributed by atoms with Crippen molar-refractivity contribution in [2.45, 2.75) is 19.0 Å². The number of fused-ring (bicyclic) bond motifs is 1. The van der Waals surface area contributed by atoms with Gasteiger partial charge in [0, 0.05) is 5.56 Å². The zero-order chi connectivity index (χ0) is 11.5. The fourth-order valence-electron chi connectivity index (χ4n) is 1.85. The lowest BCUT2D eigenvalue weighted by Gasteiger charge is -2.16. The molecule has 2 unspecified atom stereocenters. The van der Waals surface area contributed by atoms with Crippen molar-refractivity contribution in [3.8, 4) is 5.75 Å². The van der Waals surface area contributed by atoms with Gasteiger partial charge in [0.25, 0.3) is 0 Å². The maximum atomic E-state index is 11.3. The second-order valence-corrected chi connectivity index (χ2v) is 3.81. The Kier molecular flexibility index (Phi) is 3.10. The minimum Gasteiger partial charge on any atom is -0.491 e. The van der Waals surface area contributed by atoms with E-state index in [1.165, 1.54) is 7.11 Å². The Hall–Kier alpha value is -1.55. The summed E-state index contributed by atoms with van der Waals surface area (Å²) >= 11 is 0. The van der Waals surface area contributed by atoms with Gasteiger partial charge in [-0.1, -0.05) is 18.2 Å². The van der Waals surface area contributed by atoms with Gasteiger partial charge in [0.15, 0.2) is 0 Å². The first kappa shape index (κ1) is 11.0. The van der Waals surface area contributed by atoms with Crippen LogP contribution < -0.4 is 10.1 Å². The van der Waals surface area contributed by atoms with Crippen LogP contribution in [-0.4, -0.2) is 25.7 Å². The molecule has 0 fully saturated rings. The number of esters is 1. The summed E-state index contributed by atoms with van der Waals surface area (Å²) in [5.74, 6) is 0.626. The van der Waals surface area contributed by atoms with Crippen molar-refractivity contribution in [3.63, 3.8) is 0 Å². The SMILES string of the molecule is COC(=O)C(C)NC1COc2ccccc21. The second kappa shape index (κ2) is 4.53. The highest BCUT2D eigenvalue weighted by Crippen LogP contribution is 2.31. The molecule has 1 aliphatic heterocycles. The summed E-state index contributed by atoms with van der Waals surface area (Å²) in [6.45, 7) is 2.34. The number of hydrogen-bond donors (Lipinski definition) is 1. The van der Waals surface area contributed by atoms with E-state index in [9.17, 15) is 4.79 Å². The van der Waals surface area contributed by atoms with E-state index in [0.29, 0.717) is 6.61 Å². The topological polar surface area (TPSA) is 47.6 Å². The molecule has 1 aliphatic rings. The third kappa shape index (κ3) is 2.02. The van der Waals surface area contributed by atoms with Crippen LogP contribution in [0, 0.1) is 0 Å². The Morgan fingerprint density at radius 3 is 3.06 bits per heavy atom. The fraction of sp³-hybridized carbons (Fsp3) is 0.417. The molecule has 0 aliphatic carbocycles. The summed E-state index contributed by atoms with van der Waals surface area (Å²) in [6.07, 6.45) is 0. The van der Waals surface area contributed by atoms with Crippen LogP contribution in [0.2, 0.25) is 0 Å². The fourth-order valence-corrected chi connectivity index (χ4v) is 1.85. The maximum Gasteiger partial charge on any atom is 0.322 e. The predicted molar refractivity (Wildman–Crippen MR) is 59.3 cm³/mol. The summed E-state index contributed by atoms with van der Waals surface area (Å²) in [4.78, 5) is 11.3. The molecule has 0 spiro atoms. The van der Waals surface area contributed by atoms with Gasteiger partial charge in [-0.3, -0.25) is 10.1 Å². The van der Waals surface area contributed by atoms with Gasteiger partial charge in [-0.15, -0.1) is 0 Å². The number of ether oxygens (including phenoxy) is 2. The molecule has 0 bridgehead atoms. The number of methoxy groups -OCH3 is 1. The zero-order valence-electron chi connectivity index (χ0n) is 9.40. The van der Waals surface area contributed by atoms with Crippen LogP contribution >= 0.6 is 0 Å². The number of benzene rings is 1. The van der Waals surface area contributed by atoms with Crippen LogP contribution in [-0.2, 0) is 9.53 Å². The van der Waals surface area contributed by atoms with E-state index < -0.39 is 0 Å². The molecule has 0 amide bonds. The van der Waals surface area contributed by atoms with Crippen LogP contribution in [0.4, 0.5) is 0 Å². The first-order valence-corrected chi connectivity index (χ1v) is 5.28. The van der Waals surface area contributed by atoms with E-state index in [1.807, 2.05) is 24.3 Å². The van der Waals surface area contributed by atoms with E-state index in [4.69, 9.17) is 4.74 Å². The van der Waals surface area contributed by atoms with E-state index in [1.54, 1.807) is 6.92 Å². The Labute approximate surface area is 94.6 Å². The molecule has 0 saturated carbocycles. The number of hydrogen-bond acceptors (Lipinski definition) is 4. The Morgan fingerprint density at radius 2 is 2.31 bits per heavy atom. The lowest BCUT2D eigenvalue weighted by Crippen LogP contribution is -2.38. The standard InChI is InChI=1S/C12H15NO3/c1-8(12(14)15-2)13-10-7-16-11-6-4-3-5-9(10)11/h3-6,8,10,13H,7H2,1-2H3. The van der Waals surface area contributed by atoms with E-state index in [2.05, 4.69) is 10.1 Å². The van der Waals surface area contributed by atoms with Crippen molar-refractivity contribution < 1.29 is 14.3 Å². The van der Waals surface area contributed by atoms with Gasteiger partial charge in [0.1, 0.15) is 18.4 Å². The highest BCUT2D eigenvalue weighted by molar-refractivity contribution is 5.75. The summed E-state index contributed by atoms with van der Waals surface area (Å²) in [6, 6.07) is 7.56. The summed E-state index contributed by atoms with van der Waals surface area (Å²) < 4.78 is 10.2. The Morgan fingerprint density at radius 1 is 1.56 bits per heavy atom. The molecule has 2 rings (SSSR count). The van der Waals surface area contributed by atoms with Crippen LogP contribution in [0.15, 0.2) is 24.3 Å². The third-order valence-corrected chi connectivity index (χ3v) is 2.71. The zero-order valence-corrected chi connectivity index (χ0v) is 9.40. The normalized spacial score (nSPS) is 19.8. The number of carbonyl (C=O) groups excluding carboxylic acids is 1. The van der Waals surface area contributed by atoms with Gasteiger partial charge in [0.05, 0.1) is 13.2 Å². The van der Waals surface area contributed by atoms with E-state index >= 15 is 0 Å². The first-order valence-electron chi connectivity index (χ1n) is 5.28. The largest absolute Gasteiger partial charge is 0.491 e. The molecule has 1 N–H and O–H groups in total. The number of carbonyl (C=O) groups is 1. The van der Waals surface area contributed by atoms with Crippen LogP contribution in [0.25, 0.3) is 0 Å². The minimum absolute atomic E-state index is 0.0605. The molecule has 1 aromatic carbocycles. The summed E-state index contributed by atoms with van der Waals surface area (Å²) in [7, 11) is 1.39. The van der Waals surface area contributed by atoms with Crippen LogP contribution in [0.1, 0.15) is 18.5 Å². The van der Waals surface area contributed by atoms with Crippen molar-refractivity contribution in [2.24, 2.45) is 0 Å². The molecule has 16 heavy (non-hydrogen) atoms. The van der Waals surface area contributed by atoms with Crippen molar-refractivity contribution in [2.75, 3.05) is 13.7 Å². The molecule has 1 aromatic rings. The van der Waals surface area contributed by atoms with Gasteiger partial charge in [-0.2, -0.15) is 0 Å². The molecule has 1 heterocycles. The van der Waals surface area contributed by atoms with Gasteiger partial charge in [0.2, 0.25) is 0 Å². The molecular formula is C12H15NO3. The van der Waals surface area contributed by atoms with Gasteiger partial charge in [-0.05, 0) is 13.0 Å². The van der Waals surface area contributed by atoms with E-state index in [0.717, 1.165) is 11.3 Å². The monoisotopic (exact) mass is 221 g/mol. The summed E-state index contributed by atoms with van der Waals surface area (Å²) in [5, 5.41) is 3.19. The predicted octanol–water partition coefficient (Wildman–Crippen LogP) is 1.27. The smallest absolute Gasteiger partial charge is 0.322 e. The second-order valence-electron chi connectivity index (χ2n) is 3.81.